The number of rotatable bonds is 7. The summed E-state index contributed by atoms with van der Waals surface area (Å²) in [7, 11) is 0. The quantitative estimate of drug-likeness (QED) is 0.569. The molecule has 1 aromatic rings. The van der Waals surface area contributed by atoms with Crippen LogP contribution in [-0.2, 0) is 0 Å². The van der Waals surface area contributed by atoms with Gasteiger partial charge in [-0.15, -0.1) is 6.58 Å². The highest BCUT2D eigenvalue weighted by atomic mass is 79.9. The molecular weight excluding hydrogens is 283 g/mol. The molecule has 1 N–H and O–H groups in total. The van der Waals surface area contributed by atoms with Crippen molar-refractivity contribution in [1.29, 1.82) is 0 Å². The zero-order valence-corrected chi connectivity index (χ0v) is 11.4. The lowest BCUT2D eigenvalue weighted by atomic mass is 10.0. The zero-order valence-electron chi connectivity index (χ0n) is 9.83. The van der Waals surface area contributed by atoms with Crippen LogP contribution in [0.1, 0.15) is 43.8 Å². The second kappa shape index (κ2) is 7.62. The highest BCUT2D eigenvalue weighted by Crippen LogP contribution is 2.27. The number of aliphatic hydroxyl groups is 1. The molecular formula is C14H18BrFO. The molecule has 0 heterocycles. The summed E-state index contributed by atoms with van der Waals surface area (Å²) < 4.78 is 13.5. The smallest absolute Gasteiger partial charge is 0.124 e. The Morgan fingerprint density at radius 2 is 2.12 bits per heavy atom. The van der Waals surface area contributed by atoms with Gasteiger partial charge in [-0.1, -0.05) is 40.9 Å². The van der Waals surface area contributed by atoms with E-state index in [1.165, 1.54) is 12.1 Å². The minimum atomic E-state index is -0.520. The summed E-state index contributed by atoms with van der Waals surface area (Å²) in [5.41, 5.74) is 0.759. The van der Waals surface area contributed by atoms with E-state index >= 15 is 0 Å². The second-order valence-electron chi connectivity index (χ2n) is 4.11. The first kappa shape index (κ1) is 14.4. The molecule has 0 aliphatic heterocycles. The molecule has 1 unspecified atom stereocenters. The highest BCUT2D eigenvalue weighted by Gasteiger charge is 2.11. The van der Waals surface area contributed by atoms with E-state index < -0.39 is 6.10 Å². The topological polar surface area (TPSA) is 20.2 Å². The zero-order chi connectivity index (χ0) is 12.7. The fourth-order valence-corrected chi connectivity index (χ4v) is 2.35. The van der Waals surface area contributed by atoms with Gasteiger partial charge in [0.1, 0.15) is 5.82 Å². The summed E-state index contributed by atoms with van der Waals surface area (Å²) in [5, 5.41) is 9.98. The van der Waals surface area contributed by atoms with Crippen LogP contribution in [0.15, 0.2) is 35.3 Å². The van der Waals surface area contributed by atoms with Crippen LogP contribution in [0.4, 0.5) is 4.39 Å². The van der Waals surface area contributed by atoms with Crippen molar-refractivity contribution in [2.75, 3.05) is 0 Å². The standard InChI is InChI=1S/C14H18BrFO/c1-2-3-4-5-6-7-14(17)12-9-8-11(16)10-13(12)15/h2,8-10,14,17H,1,3-7H2. The lowest BCUT2D eigenvalue weighted by Gasteiger charge is -2.12. The van der Waals surface area contributed by atoms with E-state index in [1.807, 2.05) is 6.08 Å². The van der Waals surface area contributed by atoms with Gasteiger partial charge in [-0.3, -0.25) is 0 Å². The van der Waals surface area contributed by atoms with Crippen molar-refractivity contribution in [1.82, 2.24) is 0 Å². The summed E-state index contributed by atoms with van der Waals surface area (Å²) in [6.07, 6.45) is 6.29. The van der Waals surface area contributed by atoms with Gasteiger partial charge in [0, 0.05) is 4.47 Å². The summed E-state index contributed by atoms with van der Waals surface area (Å²) >= 11 is 3.27. The number of hydrogen-bond donors (Lipinski definition) is 1. The maximum absolute atomic E-state index is 12.9. The lowest BCUT2D eigenvalue weighted by Crippen LogP contribution is -1.99. The van der Waals surface area contributed by atoms with Gasteiger partial charge >= 0.3 is 0 Å². The van der Waals surface area contributed by atoms with Gasteiger partial charge in [-0.2, -0.15) is 0 Å². The van der Waals surface area contributed by atoms with E-state index in [0.717, 1.165) is 31.2 Å². The van der Waals surface area contributed by atoms with Crippen LogP contribution in [0, 0.1) is 5.82 Å². The molecule has 1 rings (SSSR count). The van der Waals surface area contributed by atoms with E-state index in [-0.39, 0.29) is 5.82 Å². The number of aliphatic hydroxyl groups excluding tert-OH is 1. The van der Waals surface area contributed by atoms with E-state index in [2.05, 4.69) is 22.5 Å². The molecule has 0 aliphatic rings. The Morgan fingerprint density at radius 3 is 2.76 bits per heavy atom. The Hall–Kier alpha value is -0.670. The molecule has 0 saturated carbocycles. The minimum Gasteiger partial charge on any atom is -0.388 e. The van der Waals surface area contributed by atoms with Crippen LogP contribution in [0.2, 0.25) is 0 Å². The van der Waals surface area contributed by atoms with Gasteiger partial charge in [0.15, 0.2) is 0 Å². The van der Waals surface area contributed by atoms with Crippen molar-refractivity contribution in [2.24, 2.45) is 0 Å². The van der Waals surface area contributed by atoms with E-state index in [4.69, 9.17) is 0 Å². The Bertz CT molecular complexity index is 365. The third kappa shape index (κ3) is 5.00. The Kier molecular flexibility index (Phi) is 6.45. The summed E-state index contributed by atoms with van der Waals surface area (Å²) in [4.78, 5) is 0. The van der Waals surface area contributed by atoms with E-state index in [1.54, 1.807) is 6.07 Å². The fourth-order valence-electron chi connectivity index (χ4n) is 1.73. The van der Waals surface area contributed by atoms with Crippen molar-refractivity contribution < 1.29 is 9.50 Å². The molecule has 1 nitrogen and oxygen atoms in total. The van der Waals surface area contributed by atoms with Crippen LogP contribution in [0.3, 0.4) is 0 Å². The first-order chi connectivity index (χ1) is 8.15. The molecule has 0 aromatic heterocycles. The van der Waals surface area contributed by atoms with Gasteiger partial charge in [0.2, 0.25) is 0 Å². The maximum Gasteiger partial charge on any atom is 0.124 e. The van der Waals surface area contributed by atoms with Crippen molar-refractivity contribution >= 4 is 15.9 Å². The van der Waals surface area contributed by atoms with Crippen molar-refractivity contribution in [3.63, 3.8) is 0 Å². The molecule has 1 atom stereocenters. The highest BCUT2D eigenvalue weighted by molar-refractivity contribution is 9.10. The second-order valence-corrected chi connectivity index (χ2v) is 4.96. The molecule has 17 heavy (non-hydrogen) atoms. The SMILES string of the molecule is C=CCCCCCC(O)c1ccc(F)cc1Br. The third-order valence-corrected chi connectivity index (χ3v) is 3.39. The Balaban J connectivity index is 2.41. The van der Waals surface area contributed by atoms with Crippen molar-refractivity contribution in [3.8, 4) is 0 Å². The summed E-state index contributed by atoms with van der Waals surface area (Å²) in [5.74, 6) is -0.293. The molecule has 1 aromatic carbocycles. The van der Waals surface area contributed by atoms with Gasteiger partial charge < -0.3 is 5.11 Å². The normalized spacial score (nSPS) is 12.4. The first-order valence-electron chi connectivity index (χ1n) is 5.89. The molecule has 0 bridgehead atoms. The number of halogens is 2. The molecule has 0 aliphatic carbocycles. The number of unbranched alkanes of at least 4 members (excludes halogenated alkanes) is 3. The Labute approximate surface area is 110 Å². The van der Waals surface area contributed by atoms with E-state index in [9.17, 15) is 9.50 Å². The maximum atomic E-state index is 12.9. The molecule has 0 fully saturated rings. The average molecular weight is 301 g/mol. The van der Waals surface area contributed by atoms with Crippen LogP contribution in [-0.4, -0.2) is 5.11 Å². The van der Waals surface area contributed by atoms with Gasteiger partial charge in [-0.25, -0.2) is 4.39 Å². The minimum absolute atomic E-state index is 0.293. The van der Waals surface area contributed by atoms with E-state index in [0.29, 0.717) is 10.9 Å². The van der Waals surface area contributed by atoms with Crippen LogP contribution in [0.5, 0.6) is 0 Å². The monoisotopic (exact) mass is 300 g/mol. The molecule has 3 heteroatoms. The van der Waals surface area contributed by atoms with Crippen LogP contribution >= 0.6 is 15.9 Å². The molecule has 0 radical (unpaired) electrons. The third-order valence-electron chi connectivity index (χ3n) is 2.71. The molecule has 0 saturated heterocycles. The average Bonchev–Trinajstić information content (AvgIpc) is 2.28. The van der Waals surface area contributed by atoms with Crippen LogP contribution < -0.4 is 0 Å². The predicted octanol–water partition coefficient (Wildman–Crippen LogP) is 4.76. The molecule has 94 valence electrons. The first-order valence-corrected chi connectivity index (χ1v) is 6.68. The predicted molar refractivity (Wildman–Crippen MR) is 72.3 cm³/mol. The van der Waals surface area contributed by atoms with Crippen molar-refractivity contribution in [3.05, 3.63) is 46.7 Å². The molecule has 0 amide bonds. The fraction of sp³-hybridized carbons (Fsp3) is 0.429. The summed E-state index contributed by atoms with van der Waals surface area (Å²) in [6.45, 7) is 3.67. The summed E-state index contributed by atoms with van der Waals surface area (Å²) in [6, 6.07) is 4.39. The number of benzene rings is 1. The van der Waals surface area contributed by atoms with Crippen LogP contribution in [0.25, 0.3) is 0 Å². The van der Waals surface area contributed by atoms with Crippen molar-refractivity contribution in [2.45, 2.75) is 38.2 Å². The number of hydrogen-bond acceptors (Lipinski definition) is 1. The van der Waals surface area contributed by atoms with Gasteiger partial charge in [0.05, 0.1) is 6.10 Å². The largest absolute Gasteiger partial charge is 0.388 e. The molecule has 0 spiro atoms. The Morgan fingerprint density at radius 1 is 1.35 bits per heavy atom. The lowest BCUT2D eigenvalue weighted by molar-refractivity contribution is 0.162. The van der Waals surface area contributed by atoms with Gasteiger partial charge in [-0.05, 0) is 37.0 Å². The number of allylic oxidation sites excluding steroid dienone is 1. The van der Waals surface area contributed by atoms with Gasteiger partial charge in [0.25, 0.3) is 0 Å².